The molecule has 4 rings (SSSR count). The molecule has 1 aliphatic rings. The summed E-state index contributed by atoms with van der Waals surface area (Å²) in [6.07, 6.45) is 0.0686. The van der Waals surface area contributed by atoms with Gasteiger partial charge < -0.3 is 19.4 Å². The predicted octanol–water partition coefficient (Wildman–Crippen LogP) is 3.87. The fourth-order valence-corrected chi connectivity index (χ4v) is 3.15. The van der Waals surface area contributed by atoms with E-state index in [9.17, 15) is 4.79 Å². The van der Waals surface area contributed by atoms with Crippen LogP contribution < -0.4 is 4.74 Å². The van der Waals surface area contributed by atoms with E-state index in [-0.39, 0.29) is 12.0 Å². The second-order valence-electron chi connectivity index (χ2n) is 6.41. The highest BCUT2D eigenvalue weighted by molar-refractivity contribution is 6.30. The number of benzene rings is 2. The average Bonchev–Trinajstić information content (AvgIpc) is 3.04. The van der Waals surface area contributed by atoms with Gasteiger partial charge in [0.15, 0.2) is 0 Å². The molecule has 0 radical (unpaired) electrons. The quantitative estimate of drug-likeness (QED) is 0.741. The van der Waals surface area contributed by atoms with Gasteiger partial charge in [0.25, 0.3) is 5.91 Å². The van der Waals surface area contributed by atoms with Crippen LogP contribution in [0.2, 0.25) is 5.02 Å². The molecule has 0 spiro atoms. The van der Waals surface area contributed by atoms with E-state index in [1.807, 2.05) is 48.5 Å². The van der Waals surface area contributed by atoms with E-state index in [1.165, 1.54) is 0 Å². The number of methoxy groups -OCH3 is 1. The number of carbonyl (C=O) groups is 1. The molecular formula is C20H19ClN2O3. The van der Waals surface area contributed by atoms with Gasteiger partial charge in [0.2, 0.25) is 0 Å². The number of nitrogens with zero attached hydrogens (tertiary/aromatic N) is 1. The fourth-order valence-electron chi connectivity index (χ4n) is 3.02. The van der Waals surface area contributed by atoms with Gasteiger partial charge in [0, 0.05) is 35.1 Å². The highest BCUT2D eigenvalue weighted by Gasteiger charge is 2.32. The molecule has 1 saturated heterocycles. The Morgan fingerprint density at radius 2 is 1.96 bits per heavy atom. The minimum atomic E-state index is -0.00786. The van der Waals surface area contributed by atoms with Gasteiger partial charge in [-0.15, -0.1) is 0 Å². The van der Waals surface area contributed by atoms with E-state index in [2.05, 4.69) is 4.98 Å². The van der Waals surface area contributed by atoms with Gasteiger partial charge in [0.1, 0.15) is 11.4 Å². The molecule has 0 bridgehead atoms. The second kappa shape index (κ2) is 7.02. The number of carbonyl (C=O) groups excluding carboxylic acids is 1. The predicted molar refractivity (Wildman–Crippen MR) is 101 cm³/mol. The first-order valence-electron chi connectivity index (χ1n) is 8.44. The molecule has 0 unspecified atom stereocenters. The Morgan fingerprint density at radius 3 is 2.69 bits per heavy atom. The van der Waals surface area contributed by atoms with E-state index in [1.54, 1.807) is 12.0 Å². The van der Waals surface area contributed by atoms with Crippen molar-refractivity contribution in [2.75, 3.05) is 20.2 Å². The molecule has 1 aliphatic heterocycles. The third kappa shape index (κ3) is 3.41. The van der Waals surface area contributed by atoms with Crippen LogP contribution in [0.25, 0.3) is 10.9 Å². The van der Waals surface area contributed by atoms with Gasteiger partial charge in [-0.2, -0.15) is 0 Å². The number of fused-ring (bicyclic) bond motifs is 1. The number of hydrogen-bond donors (Lipinski definition) is 1. The molecule has 0 atom stereocenters. The Morgan fingerprint density at radius 1 is 1.19 bits per heavy atom. The number of ether oxygens (including phenoxy) is 2. The van der Waals surface area contributed by atoms with Crippen molar-refractivity contribution in [2.24, 2.45) is 0 Å². The zero-order valence-electron chi connectivity index (χ0n) is 14.4. The third-order valence-electron chi connectivity index (χ3n) is 4.59. The van der Waals surface area contributed by atoms with Crippen LogP contribution in [0.4, 0.5) is 0 Å². The van der Waals surface area contributed by atoms with Crippen LogP contribution in [0.3, 0.4) is 0 Å². The minimum Gasteiger partial charge on any atom is -0.497 e. The molecule has 3 aromatic rings. The van der Waals surface area contributed by atoms with Crippen LogP contribution in [0.15, 0.2) is 48.5 Å². The standard InChI is InChI=1S/C20H19ClN2O3/c1-25-16-7-4-14-8-19(22-18(14)9-16)20(24)23-10-17(11-23)26-12-13-2-5-15(21)6-3-13/h2-9,17,22H,10-12H2,1H3. The van der Waals surface area contributed by atoms with Crippen molar-refractivity contribution in [2.45, 2.75) is 12.7 Å². The largest absolute Gasteiger partial charge is 0.497 e. The smallest absolute Gasteiger partial charge is 0.270 e. The molecule has 5 nitrogen and oxygen atoms in total. The lowest BCUT2D eigenvalue weighted by Crippen LogP contribution is -2.54. The first-order chi connectivity index (χ1) is 12.6. The lowest BCUT2D eigenvalue weighted by molar-refractivity contribution is -0.0504. The Labute approximate surface area is 156 Å². The van der Waals surface area contributed by atoms with Crippen molar-refractivity contribution in [1.82, 2.24) is 9.88 Å². The van der Waals surface area contributed by atoms with Crippen molar-refractivity contribution < 1.29 is 14.3 Å². The zero-order chi connectivity index (χ0) is 18.1. The van der Waals surface area contributed by atoms with Crippen LogP contribution in [-0.4, -0.2) is 42.1 Å². The number of halogens is 1. The summed E-state index contributed by atoms with van der Waals surface area (Å²) in [6.45, 7) is 1.73. The SMILES string of the molecule is COc1ccc2cc(C(=O)N3CC(OCc4ccc(Cl)cc4)C3)[nH]c2c1. The molecule has 1 fully saturated rings. The normalized spacial score (nSPS) is 14.5. The van der Waals surface area contributed by atoms with E-state index in [4.69, 9.17) is 21.1 Å². The Kier molecular flexibility index (Phi) is 4.57. The molecule has 0 aliphatic carbocycles. The van der Waals surface area contributed by atoms with Crippen molar-refractivity contribution in [3.63, 3.8) is 0 Å². The summed E-state index contributed by atoms with van der Waals surface area (Å²) in [5, 5.41) is 1.70. The molecule has 1 amide bonds. The van der Waals surface area contributed by atoms with Crippen LogP contribution in [-0.2, 0) is 11.3 Å². The molecule has 0 saturated carbocycles. The Hall–Kier alpha value is -2.50. The van der Waals surface area contributed by atoms with Crippen LogP contribution in [0.1, 0.15) is 16.1 Å². The van der Waals surface area contributed by atoms with E-state index < -0.39 is 0 Å². The fraction of sp³-hybridized carbons (Fsp3) is 0.250. The summed E-state index contributed by atoms with van der Waals surface area (Å²) >= 11 is 5.88. The maximum Gasteiger partial charge on any atom is 0.270 e. The average molecular weight is 371 g/mol. The lowest BCUT2D eigenvalue weighted by Gasteiger charge is -2.38. The third-order valence-corrected chi connectivity index (χ3v) is 4.85. The van der Waals surface area contributed by atoms with Gasteiger partial charge in [0.05, 0.1) is 19.8 Å². The van der Waals surface area contributed by atoms with E-state index >= 15 is 0 Å². The number of aromatic amines is 1. The van der Waals surface area contributed by atoms with Crippen LogP contribution >= 0.6 is 11.6 Å². The van der Waals surface area contributed by atoms with Gasteiger partial charge in [-0.1, -0.05) is 23.7 Å². The number of hydrogen-bond acceptors (Lipinski definition) is 3. The summed E-state index contributed by atoms with van der Waals surface area (Å²) in [7, 11) is 1.63. The number of amides is 1. The monoisotopic (exact) mass is 370 g/mol. The molecule has 2 heterocycles. The van der Waals surface area contributed by atoms with Gasteiger partial charge >= 0.3 is 0 Å². The van der Waals surface area contributed by atoms with Crippen LogP contribution in [0, 0.1) is 0 Å². The first kappa shape index (κ1) is 16.9. The molecule has 1 aromatic heterocycles. The van der Waals surface area contributed by atoms with Crippen molar-refractivity contribution >= 4 is 28.4 Å². The highest BCUT2D eigenvalue weighted by Crippen LogP contribution is 2.24. The van der Waals surface area contributed by atoms with E-state index in [0.717, 1.165) is 22.2 Å². The van der Waals surface area contributed by atoms with E-state index in [0.29, 0.717) is 30.4 Å². The Bertz CT molecular complexity index is 930. The minimum absolute atomic E-state index is 0.00786. The summed E-state index contributed by atoms with van der Waals surface area (Å²) in [5.74, 6) is 0.754. The number of nitrogens with one attached hydrogen (secondary N) is 1. The highest BCUT2D eigenvalue weighted by atomic mass is 35.5. The number of H-pyrrole nitrogens is 1. The lowest BCUT2D eigenvalue weighted by atomic mass is 10.1. The zero-order valence-corrected chi connectivity index (χ0v) is 15.1. The molecular weight excluding hydrogens is 352 g/mol. The van der Waals surface area contributed by atoms with Gasteiger partial charge in [-0.25, -0.2) is 0 Å². The summed E-state index contributed by atoms with van der Waals surface area (Å²) < 4.78 is 11.1. The van der Waals surface area contributed by atoms with Crippen molar-refractivity contribution in [3.8, 4) is 5.75 Å². The number of likely N-dealkylation sites (tertiary alicyclic amines) is 1. The first-order valence-corrected chi connectivity index (χ1v) is 8.82. The molecule has 134 valence electrons. The molecule has 26 heavy (non-hydrogen) atoms. The topological polar surface area (TPSA) is 54.6 Å². The maximum atomic E-state index is 12.6. The Balaban J connectivity index is 1.33. The summed E-state index contributed by atoms with van der Waals surface area (Å²) in [6, 6.07) is 15.2. The number of rotatable bonds is 5. The molecule has 6 heteroatoms. The maximum absolute atomic E-state index is 12.6. The summed E-state index contributed by atoms with van der Waals surface area (Å²) in [5.41, 5.74) is 2.55. The van der Waals surface area contributed by atoms with Crippen molar-refractivity contribution in [3.05, 3.63) is 64.8 Å². The summed E-state index contributed by atoms with van der Waals surface area (Å²) in [4.78, 5) is 17.6. The van der Waals surface area contributed by atoms with Gasteiger partial charge in [-0.05, 0) is 35.9 Å². The van der Waals surface area contributed by atoms with Crippen molar-refractivity contribution in [1.29, 1.82) is 0 Å². The second-order valence-corrected chi connectivity index (χ2v) is 6.84. The molecule has 2 aromatic carbocycles. The molecule has 1 N–H and O–H groups in total. The van der Waals surface area contributed by atoms with Crippen LogP contribution in [0.5, 0.6) is 5.75 Å². The number of aromatic nitrogens is 1. The van der Waals surface area contributed by atoms with Gasteiger partial charge in [-0.3, -0.25) is 4.79 Å².